The van der Waals surface area contributed by atoms with E-state index < -0.39 is 21.2 Å². The first kappa shape index (κ1) is 15.3. The maximum absolute atomic E-state index is 13.4. The standard InChI is InChI=1S/C14H20FNO3S/c1-10(11-4-5-12(15)13(8-11)19-3)16-14(2)6-7-20(17,18)9-14/h4-5,8,10,16H,6-7,9H2,1-3H3. The van der Waals surface area contributed by atoms with Crippen LogP contribution in [0, 0.1) is 5.82 Å². The number of sulfone groups is 1. The lowest BCUT2D eigenvalue weighted by atomic mass is 9.98. The van der Waals surface area contributed by atoms with Crippen LogP contribution in [-0.4, -0.2) is 32.6 Å². The van der Waals surface area contributed by atoms with Crippen LogP contribution in [0.25, 0.3) is 0 Å². The predicted molar refractivity (Wildman–Crippen MR) is 76.2 cm³/mol. The van der Waals surface area contributed by atoms with Gasteiger partial charge in [0.1, 0.15) is 0 Å². The molecule has 0 spiro atoms. The Morgan fingerprint density at radius 3 is 2.70 bits per heavy atom. The fraction of sp³-hybridized carbons (Fsp3) is 0.571. The van der Waals surface area contributed by atoms with E-state index in [1.165, 1.54) is 13.2 Å². The second-order valence-electron chi connectivity index (χ2n) is 5.66. The Morgan fingerprint density at radius 1 is 1.45 bits per heavy atom. The number of benzene rings is 1. The second-order valence-corrected chi connectivity index (χ2v) is 7.85. The van der Waals surface area contributed by atoms with Gasteiger partial charge in [0.25, 0.3) is 0 Å². The summed E-state index contributed by atoms with van der Waals surface area (Å²) in [5, 5.41) is 3.34. The molecule has 1 aromatic rings. The summed E-state index contributed by atoms with van der Waals surface area (Å²) in [5.74, 6) is 0.150. The average molecular weight is 301 g/mol. The minimum Gasteiger partial charge on any atom is -0.494 e. The summed E-state index contributed by atoms with van der Waals surface area (Å²) in [7, 11) is -1.53. The lowest BCUT2D eigenvalue weighted by Crippen LogP contribution is -2.44. The molecule has 0 saturated carbocycles. The third-order valence-electron chi connectivity index (χ3n) is 3.74. The van der Waals surface area contributed by atoms with Crippen LogP contribution in [0.4, 0.5) is 4.39 Å². The Morgan fingerprint density at radius 2 is 2.15 bits per heavy atom. The van der Waals surface area contributed by atoms with Crippen LogP contribution < -0.4 is 10.1 Å². The number of halogens is 1. The summed E-state index contributed by atoms with van der Waals surface area (Å²) in [5.41, 5.74) is 0.439. The van der Waals surface area contributed by atoms with Crippen molar-refractivity contribution in [3.8, 4) is 5.75 Å². The first-order chi connectivity index (χ1) is 9.25. The van der Waals surface area contributed by atoms with Crippen molar-refractivity contribution in [2.24, 2.45) is 0 Å². The maximum Gasteiger partial charge on any atom is 0.165 e. The molecule has 0 aliphatic carbocycles. The van der Waals surface area contributed by atoms with Gasteiger partial charge in [0.05, 0.1) is 18.6 Å². The molecule has 1 heterocycles. The van der Waals surface area contributed by atoms with Crippen LogP contribution in [-0.2, 0) is 9.84 Å². The van der Waals surface area contributed by atoms with Crippen molar-refractivity contribution in [1.82, 2.24) is 5.32 Å². The van der Waals surface area contributed by atoms with Crippen LogP contribution in [0.1, 0.15) is 31.9 Å². The first-order valence-corrected chi connectivity index (χ1v) is 8.38. The van der Waals surface area contributed by atoms with Gasteiger partial charge in [-0.1, -0.05) is 6.07 Å². The zero-order valence-corrected chi connectivity index (χ0v) is 12.8. The normalized spacial score (nSPS) is 26.4. The second kappa shape index (κ2) is 5.33. The van der Waals surface area contributed by atoms with E-state index in [2.05, 4.69) is 5.32 Å². The zero-order chi connectivity index (χ0) is 15.0. The van der Waals surface area contributed by atoms with E-state index in [0.29, 0.717) is 6.42 Å². The van der Waals surface area contributed by atoms with Crippen molar-refractivity contribution >= 4 is 9.84 Å². The highest BCUT2D eigenvalue weighted by Gasteiger charge is 2.39. The molecular weight excluding hydrogens is 281 g/mol. The minimum absolute atomic E-state index is 0.0807. The van der Waals surface area contributed by atoms with E-state index in [1.54, 1.807) is 12.1 Å². The van der Waals surface area contributed by atoms with Gasteiger partial charge in [-0.2, -0.15) is 0 Å². The van der Waals surface area contributed by atoms with Gasteiger partial charge < -0.3 is 10.1 Å². The van der Waals surface area contributed by atoms with Crippen LogP contribution >= 0.6 is 0 Å². The molecule has 6 heteroatoms. The Labute approximate surface area is 119 Å². The van der Waals surface area contributed by atoms with Crippen LogP contribution in [0.2, 0.25) is 0 Å². The molecule has 0 amide bonds. The summed E-state index contributed by atoms with van der Waals surface area (Å²) in [4.78, 5) is 0. The number of methoxy groups -OCH3 is 1. The van der Waals surface area contributed by atoms with Gasteiger partial charge in [-0.25, -0.2) is 12.8 Å². The van der Waals surface area contributed by atoms with Crippen molar-refractivity contribution in [3.05, 3.63) is 29.6 Å². The molecule has 1 fully saturated rings. The summed E-state index contributed by atoms with van der Waals surface area (Å²) in [6.45, 7) is 3.84. The van der Waals surface area contributed by atoms with Crippen molar-refractivity contribution in [1.29, 1.82) is 0 Å². The highest BCUT2D eigenvalue weighted by atomic mass is 32.2. The van der Waals surface area contributed by atoms with E-state index >= 15 is 0 Å². The van der Waals surface area contributed by atoms with Crippen molar-refractivity contribution in [3.63, 3.8) is 0 Å². The molecule has 1 aromatic carbocycles. The molecule has 112 valence electrons. The number of ether oxygens (including phenoxy) is 1. The monoisotopic (exact) mass is 301 g/mol. The van der Waals surface area contributed by atoms with E-state index in [-0.39, 0.29) is 23.3 Å². The van der Waals surface area contributed by atoms with Crippen molar-refractivity contribution < 1.29 is 17.5 Å². The van der Waals surface area contributed by atoms with Gasteiger partial charge in [0.15, 0.2) is 21.4 Å². The highest BCUT2D eigenvalue weighted by molar-refractivity contribution is 7.91. The summed E-state index contributed by atoms with van der Waals surface area (Å²) in [6.07, 6.45) is 0.595. The fourth-order valence-corrected chi connectivity index (χ4v) is 4.78. The average Bonchev–Trinajstić information content (AvgIpc) is 2.63. The van der Waals surface area contributed by atoms with Crippen molar-refractivity contribution in [2.45, 2.75) is 31.8 Å². The highest BCUT2D eigenvalue weighted by Crippen LogP contribution is 2.28. The van der Waals surface area contributed by atoms with Gasteiger partial charge in [0, 0.05) is 11.6 Å². The summed E-state index contributed by atoms with van der Waals surface area (Å²) >= 11 is 0. The Balaban J connectivity index is 2.14. The Hall–Kier alpha value is -1.14. The molecule has 2 unspecified atom stereocenters. The molecule has 0 aromatic heterocycles. The number of hydrogen-bond acceptors (Lipinski definition) is 4. The molecule has 4 nitrogen and oxygen atoms in total. The van der Waals surface area contributed by atoms with Gasteiger partial charge in [-0.15, -0.1) is 0 Å². The number of hydrogen-bond donors (Lipinski definition) is 1. The largest absolute Gasteiger partial charge is 0.494 e. The van der Waals surface area contributed by atoms with Gasteiger partial charge in [0.2, 0.25) is 0 Å². The topological polar surface area (TPSA) is 55.4 Å². The zero-order valence-electron chi connectivity index (χ0n) is 11.9. The number of rotatable bonds is 4. The smallest absolute Gasteiger partial charge is 0.165 e. The van der Waals surface area contributed by atoms with E-state index in [4.69, 9.17) is 4.74 Å². The molecular formula is C14H20FNO3S. The quantitative estimate of drug-likeness (QED) is 0.925. The molecule has 2 atom stereocenters. The molecule has 0 radical (unpaired) electrons. The van der Waals surface area contributed by atoms with Crippen molar-refractivity contribution in [2.75, 3.05) is 18.6 Å². The van der Waals surface area contributed by atoms with Gasteiger partial charge >= 0.3 is 0 Å². The van der Waals surface area contributed by atoms with Gasteiger partial charge in [-0.05, 0) is 38.0 Å². The molecule has 1 aliphatic rings. The van der Waals surface area contributed by atoms with E-state index in [1.807, 2.05) is 13.8 Å². The van der Waals surface area contributed by atoms with Crippen LogP contribution in [0.3, 0.4) is 0 Å². The lowest BCUT2D eigenvalue weighted by Gasteiger charge is -2.29. The lowest BCUT2D eigenvalue weighted by molar-refractivity contribution is 0.352. The van der Waals surface area contributed by atoms with Gasteiger partial charge in [-0.3, -0.25) is 0 Å². The molecule has 1 saturated heterocycles. The molecule has 0 bridgehead atoms. The van der Waals surface area contributed by atoms with Crippen LogP contribution in [0.5, 0.6) is 5.75 Å². The molecule has 2 rings (SSSR count). The molecule has 1 N–H and O–H groups in total. The maximum atomic E-state index is 13.4. The van der Waals surface area contributed by atoms with E-state index in [9.17, 15) is 12.8 Å². The summed E-state index contributed by atoms with van der Waals surface area (Å²) < 4.78 is 41.6. The SMILES string of the molecule is COc1cc(C(C)NC2(C)CCS(=O)(=O)C2)ccc1F. The minimum atomic E-state index is -2.95. The number of nitrogens with one attached hydrogen (secondary N) is 1. The predicted octanol–water partition coefficient (Wildman–Crippen LogP) is 2.06. The third kappa shape index (κ3) is 3.30. The third-order valence-corrected chi connectivity index (χ3v) is 5.65. The Kier molecular flexibility index (Phi) is 4.07. The fourth-order valence-electron chi connectivity index (χ4n) is 2.68. The van der Waals surface area contributed by atoms with E-state index in [0.717, 1.165) is 5.56 Å². The summed E-state index contributed by atoms with van der Waals surface area (Å²) in [6, 6.07) is 4.60. The van der Waals surface area contributed by atoms with Crippen LogP contribution in [0.15, 0.2) is 18.2 Å². The first-order valence-electron chi connectivity index (χ1n) is 6.56. The molecule has 20 heavy (non-hydrogen) atoms. The molecule has 1 aliphatic heterocycles. The Bertz CT molecular complexity index is 602.